The van der Waals surface area contributed by atoms with Gasteiger partial charge >= 0.3 is 17.4 Å². The maximum Gasteiger partial charge on any atom is 0.485 e. The van der Waals surface area contributed by atoms with E-state index in [1.807, 2.05) is 12.1 Å². The molecule has 0 bridgehead atoms. The third kappa shape index (κ3) is 10.6. The Morgan fingerprint density at radius 1 is 0.968 bits per heavy atom. The lowest BCUT2D eigenvalue weighted by Gasteiger charge is -2.12. The summed E-state index contributed by atoms with van der Waals surface area (Å²) in [5.41, 5.74) is -5.65. The number of carbonyl (C=O) groups is 2. The Bertz CT molecular complexity index is 807. The molecule has 0 atom stereocenters. The summed E-state index contributed by atoms with van der Waals surface area (Å²) in [7, 11) is -0.529. The molecule has 1 rings (SSSR count). The monoisotopic (exact) mass is 492 g/mol. The van der Waals surface area contributed by atoms with E-state index in [9.17, 15) is 22.8 Å². The topological polar surface area (TPSA) is 128 Å². The van der Waals surface area contributed by atoms with Crippen molar-refractivity contribution in [2.45, 2.75) is 23.2 Å². The molecule has 0 saturated heterocycles. The highest BCUT2D eigenvalue weighted by molar-refractivity contribution is 7.97. The van der Waals surface area contributed by atoms with Crippen molar-refractivity contribution in [3.8, 4) is 11.5 Å². The van der Waals surface area contributed by atoms with Gasteiger partial charge in [0, 0.05) is 23.0 Å². The lowest BCUT2D eigenvalue weighted by molar-refractivity contribution is -0.140. The lowest BCUT2D eigenvalue weighted by atomic mass is 10.3. The van der Waals surface area contributed by atoms with Crippen LogP contribution in [0, 0.1) is 0 Å². The van der Waals surface area contributed by atoms with Crippen molar-refractivity contribution in [3.05, 3.63) is 18.2 Å². The van der Waals surface area contributed by atoms with Crippen LogP contribution in [0.15, 0.2) is 23.1 Å². The lowest BCUT2D eigenvalue weighted by Crippen LogP contribution is -2.21. The second-order valence-electron chi connectivity index (χ2n) is 5.47. The van der Waals surface area contributed by atoms with E-state index < -0.39 is 15.6 Å². The van der Waals surface area contributed by atoms with Crippen LogP contribution >= 0.6 is 0 Å². The van der Waals surface area contributed by atoms with Crippen LogP contribution < -0.4 is 9.47 Å². The molecule has 31 heavy (non-hydrogen) atoms. The van der Waals surface area contributed by atoms with Gasteiger partial charge in [-0.1, -0.05) is 0 Å². The zero-order valence-corrected chi connectivity index (χ0v) is 18.8. The van der Waals surface area contributed by atoms with Gasteiger partial charge in [0.15, 0.2) is 20.8 Å². The molecule has 0 heterocycles. The minimum atomic E-state index is -6.09. The molecule has 1 aromatic rings. The van der Waals surface area contributed by atoms with Crippen LogP contribution in [0.25, 0.3) is 0 Å². The van der Waals surface area contributed by atoms with Crippen molar-refractivity contribution in [2.75, 3.05) is 39.9 Å². The van der Waals surface area contributed by atoms with Crippen molar-refractivity contribution in [1.29, 1.82) is 0 Å². The van der Waals surface area contributed by atoms with Crippen molar-refractivity contribution >= 4 is 33.0 Å². The second kappa shape index (κ2) is 13.3. The van der Waals surface area contributed by atoms with Gasteiger partial charge in [0.25, 0.3) is 0 Å². The van der Waals surface area contributed by atoms with Crippen molar-refractivity contribution < 1.29 is 54.7 Å². The Hall–Kier alpha value is -2.19. The van der Waals surface area contributed by atoms with Gasteiger partial charge in [-0.15, -0.1) is 0 Å². The minimum Gasteiger partial charge on any atom is -0.741 e. The fourth-order valence-electron chi connectivity index (χ4n) is 1.95. The van der Waals surface area contributed by atoms with Gasteiger partial charge in [0.05, 0.1) is 41.3 Å². The first kappa shape index (κ1) is 28.8. The molecule has 0 unspecified atom stereocenters. The predicted octanol–water partition coefficient (Wildman–Crippen LogP) is 1.86. The summed E-state index contributed by atoms with van der Waals surface area (Å²) in [5.74, 6) is 2.01. The van der Waals surface area contributed by atoms with Gasteiger partial charge in [-0.3, -0.25) is 9.59 Å². The smallest absolute Gasteiger partial charge is 0.485 e. The van der Waals surface area contributed by atoms with Gasteiger partial charge in [-0.2, -0.15) is 13.2 Å². The molecule has 0 amide bonds. The highest BCUT2D eigenvalue weighted by Crippen LogP contribution is 2.31. The summed E-state index contributed by atoms with van der Waals surface area (Å²) in [6.45, 7) is 0. The Balaban J connectivity index is 0.000000954. The third-order valence-electron chi connectivity index (χ3n) is 3.53. The van der Waals surface area contributed by atoms with E-state index in [2.05, 4.69) is 0 Å². The maximum absolute atomic E-state index is 11.4. The Morgan fingerprint density at radius 3 is 1.74 bits per heavy atom. The number of carbonyl (C=O) groups excluding carboxylic acids is 2. The normalized spacial score (nSPS) is 11.3. The molecular weight excluding hydrogens is 469 g/mol. The van der Waals surface area contributed by atoms with Gasteiger partial charge in [-0.25, -0.2) is 8.42 Å². The Morgan fingerprint density at radius 2 is 1.42 bits per heavy atom. The fourth-order valence-corrected chi connectivity index (χ4v) is 4.11. The summed E-state index contributed by atoms with van der Waals surface area (Å²) >= 11 is 0. The second-order valence-corrected chi connectivity index (χ2v) is 9.08. The number of esters is 2. The zero-order valence-electron chi connectivity index (χ0n) is 17.2. The number of hydrogen-bond donors (Lipinski definition) is 0. The first-order valence-electron chi connectivity index (χ1n) is 8.36. The van der Waals surface area contributed by atoms with E-state index in [1.165, 1.54) is 14.2 Å². The molecule has 1 aromatic carbocycles. The molecule has 178 valence electrons. The van der Waals surface area contributed by atoms with Crippen molar-refractivity contribution in [3.63, 3.8) is 0 Å². The molecule has 0 aromatic heterocycles. The van der Waals surface area contributed by atoms with Crippen LogP contribution in [0.3, 0.4) is 0 Å². The quantitative estimate of drug-likeness (QED) is 0.220. The van der Waals surface area contributed by atoms with Gasteiger partial charge in [-0.05, 0) is 6.07 Å². The summed E-state index contributed by atoms with van der Waals surface area (Å²) in [6, 6.07) is 5.55. The van der Waals surface area contributed by atoms with Crippen LogP contribution in [-0.2, 0) is 40.1 Å². The standard InChI is InChI=1S/C16H23O6S.CHF3O3S/c1-19-12-5-6-14(13(11-12)20-2)23(9-7-15(17)21-3)10-8-16(18)22-4;2-1(3,4)8(5,6)7/h5-6,11H,7-10H2,1-4H3;(H,5,6,7)/q+1;/p-1. The van der Waals surface area contributed by atoms with E-state index in [1.54, 1.807) is 20.3 Å². The van der Waals surface area contributed by atoms with Crippen LogP contribution in [0.4, 0.5) is 13.2 Å². The molecule has 0 aliphatic carbocycles. The molecule has 0 fully saturated rings. The molecular formula is C17H23F3O9S2. The number of hydrogen-bond acceptors (Lipinski definition) is 9. The SMILES string of the molecule is COC(=O)CC[S+](CCC(=O)OC)c1ccc(OC)cc1OC.O=S(=O)([O-])C(F)(F)F. The maximum atomic E-state index is 11.4. The average Bonchev–Trinajstić information content (AvgIpc) is 2.71. The summed E-state index contributed by atoms with van der Waals surface area (Å²) in [4.78, 5) is 23.8. The number of rotatable bonds is 9. The molecule has 0 N–H and O–H groups in total. The minimum absolute atomic E-state index is 0.270. The highest BCUT2D eigenvalue weighted by Gasteiger charge is 2.37. The van der Waals surface area contributed by atoms with Crippen molar-refractivity contribution in [2.24, 2.45) is 0 Å². The zero-order chi connectivity index (χ0) is 24.2. The molecule has 0 spiro atoms. The van der Waals surface area contributed by atoms with Crippen LogP contribution in [-0.4, -0.2) is 70.4 Å². The number of alkyl halides is 3. The Kier molecular flexibility index (Phi) is 12.3. The van der Waals surface area contributed by atoms with E-state index in [0.29, 0.717) is 23.0 Å². The molecule has 0 aliphatic heterocycles. The van der Waals surface area contributed by atoms with Crippen molar-refractivity contribution in [1.82, 2.24) is 0 Å². The number of methoxy groups -OCH3 is 4. The fraction of sp³-hybridized carbons (Fsp3) is 0.529. The van der Waals surface area contributed by atoms with Gasteiger partial charge < -0.3 is 23.5 Å². The van der Waals surface area contributed by atoms with E-state index in [0.717, 1.165) is 4.90 Å². The van der Waals surface area contributed by atoms with Crippen LogP contribution in [0.5, 0.6) is 11.5 Å². The van der Waals surface area contributed by atoms with Gasteiger partial charge in [0.1, 0.15) is 17.3 Å². The molecule has 9 nitrogen and oxygen atoms in total. The molecule has 0 aliphatic rings. The van der Waals surface area contributed by atoms with Gasteiger partial charge in [0.2, 0.25) is 0 Å². The van der Waals surface area contributed by atoms with E-state index in [4.69, 9.17) is 31.9 Å². The van der Waals surface area contributed by atoms with E-state index >= 15 is 0 Å². The third-order valence-corrected chi connectivity index (χ3v) is 6.45. The van der Waals surface area contributed by atoms with Crippen LogP contribution in [0.1, 0.15) is 12.8 Å². The molecule has 14 heteroatoms. The first-order chi connectivity index (χ1) is 14.3. The Labute approximate surface area is 180 Å². The predicted molar refractivity (Wildman–Crippen MR) is 104 cm³/mol. The number of benzene rings is 1. The summed E-state index contributed by atoms with van der Waals surface area (Å²) < 4.78 is 78.9. The van der Waals surface area contributed by atoms with Crippen LogP contribution in [0.2, 0.25) is 0 Å². The summed E-state index contributed by atoms with van der Waals surface area (Å²) in [5, 5.41) is 0. The average molecular weight is 492 g/mol. The number of ether oxygens (including phenoxy) is 4. The molecule has 0 saturated carbocycles. The summed E-state index contributed by atoms with van der Waals surface area (Å²) in [6.07, 6.45) is 0.575. The first-order valence-corrected chi connectivity index (χ1v) is 11.3. The highest BCUT2D eigenvalue weighted by atomic mass is 32.2. The largest absolute Gasteiger partial charge is 0.741 e. The van der Waals surface area contributed by atoms with E-state index in [-0.39, 0.29) is 35.7 Å². The number of halogens is 3. The molecule has 0 radical (unpaired) electrons.